The summed E-state index contributed by atoms with van der Waals surface area (Å²) in [5.74, 6) is 1.39. The predicted octanol–water partition coefficient (Wildman–Crippen LogP) is 4.54. The molecule has 2 bridgehead atoms. The van der Waals surface area contributed by atoms with Crippen molar-refractivity contribution in [1.82, 2.24) is 0 Å². The molecule has 0 aromatic heterocycles. The zero-order chi connectivity index (χ0) is 16.3. The number of halogens is 1. The Labute approximate surface area is 148 Å². The highest BCUT2D eigenvalue weighted by molar-refractivity contribution is 14.1. The van der Waals surface area contributed by atoms with Gasteiger partial charge in [0.05, 0.1) is 6.10 Å². The van der Waals surface area contributed by atoms with Crippen molar-refractivity contribution in [3.05, 3.63) is 12.7 Å². The zero-order valence-electron chi connectivity index (χ0n) is 14.1. The number of Topliss-reactive ketones (excluding diaryl/α,β-unsaturated/α-hetero) is 1. The lowest BCUT2D eigenvalue weighted by Gasteiger charge is -2.52. The molecular formula is C19H29IO2. The van der Waals surface area contributed by atoms with E-state index >= 15 is 0 Å². The molecule has 4 fully saturated rings. The topological polar surface area (TPSA) is 37.3 Å². The fraction of sp³-hybridized carbons (Fsp3) is 0.842. The highest BCUT2D eigenvalue weighted by Gasteiger charge is 2.62. The Kier molecular flexibility index (Phi) is 4.08. The molecule has 4 aliphatic rings. The Hall–Kier alpha value is 0.1000. The fourth-order valence-electron chi connectivity index (χ4n) is 5.69. The predicted molar refractivity (Wildman–Crippen MR) is 98.0 cm³/mol. The van der Waals surface area contributed by atoms with E-state index in [2.05, 4.69) is 49.9 Å². The van der Waals surface area contributed by atoms with Crippen LogP contribution in [0.1, 0.15) is 59.3 Å². The molecule has 0 heterocycles. The van der Waals surface area contributed by atoms with Gasteiger partial charge in [-0.15, -0.1) is 6.58 Å². The smallest absolute Gasteiger partial charge is 0.136 e. The van der Waals surface area contributed by atoms with E-state index < -0.39 is 6.10 Å². The van der Waals surface area contributed by atoms with Gasteiger partial charge in [0.25, 0.3) is 0 Å². The van der Waals surface area contributed by atoms with Gasteiger partial charge in [-0.1, -0.05) is 49.4 Å². The molecule has 2 unspecified atom stereocenters. The van der Waals surface area contributed by atoms with E-state index in [1.54, 1.807) is 0 Å². The number of ketones is 1. The van der Waals surface area contributed by atoms with Gasteiger partial charge < -0.3 is 5.11 Å². The quantitative estimate of drug-likeness (QED) is 0.387. The number of rotatable bonds is 1. The molecule has 0 aromatic carbocycles. The fourth-order valence-corrected chi connectivity index (χ4v) is 6.62. The third-order valence-corrected chi connectivity index (χ3v) is 9.68. The number of alkyl halides is 1. The van der Waals surface area contributed by atoms with E-state index in [1.165, 1.54) is 0 Å². The molecule has 7 atom stereocenters. The summed E-state index contributed by atoms with van der Waals surface area (Å²) in [7, 11) is 0. The van der Waals surface area contributed by atoms with Crippen LogP contribution in [0.2, 0.25) is 0 Å². The van der Waals surface area contributed by atoms with Crippen molar-refractivity contribution in [2.24, 2.45) is 28.6 Å². The SMILES string of the molecule is C=C[C@]1(C)CC[C@@]2(I)CC3C(=O)CC[C@@]3(CC2C)[C@@H](C)[C@@H]1O. The number of aliphatic hydroxyl groups excluding tert-OH is 1. The van der Waals surface area contributed by atoms with Crippen molar-refractivity contribution in [3.8, 4) is 0 Å². The van der Waals surface area contributed by atoms with Crippen LogP contribution in [0, 0.1) is 28.6 Å². The summed E-state index contributed by atoms with van der Waals surface area (Å²) >= 11 is 2.64. The van der Waals surface area contributed by atoms with E-state index in [0.29, 0.717) is 18.1 Å². The standard InChI is InChI=1S/C19H29IO2/c1-5-17(4)8-9-19(20)11-14-15(21)6-7-18(14,10-12(19)2)13(3)16(17)22/h5,12-14,16,22H,1,6-11H2,2-4H3/t12?,13-,14?,16-,17+,18+,19+/m0/s1. The number of fused-ring (bicyclic) bond motifs is 5. The molecule has 0 aliphatic heterocycles. The van der Waals surface area contributed by atoms with Crippen molar-refractivity contribution in [3.63, 3.8) is 0 Å². The minimum atomic E-state index is -0.401. The molecule has 0 radical (unpaired) electrons. The van der Waals surface area contributed by atoms with Gasteiger partial charge in [0.15, 0.2) is 0 Å². The number of hydrogen-bond acceptors (Lipinski definition) is 2. The molecule has 4 aliphatic carbocycles. The first-order valence-corrected chi connectivity index (χ1v) is 9.80. The minimum Gasteiger partial charge on any atom is -0.392 e. The summed E-state index contributed by atoms with van der Waals surface area (Å²) in [6.07, 6.45) is 7.39. The van der Waals surface area contributed by atoms with Gasteiger partial charge in [-0.3, -0.25) is 4.79 Å². The molecule has 0 amide bonds. The number of carbonyl (C=O) groups excluding carboxylic acids is 1. The Bertz CT molecular complexity index is 504. The van der Waals surface area contributed by atoms with Crippen molar-refractivity contribution in [2.75, 3.05) is 0 Å². The summed E-state index contributed by atoms with van der Waals surface area (Å²) in [4.78, 5) is 12.6. The second-order valence-corrected chi connectivity index (χ2v) is 10.7. The summed E-state index contributed by atoms with van der Waals surface area (Å²) in [5.41, 5.74) is -0.230. The average Bonchev–Trinajstić information content (AvgIpc) is 2.82. The molecule has 2 nitrogen and oxygen atoms in total. The van der Waals surface area contributed by atoms with Gasteiger partial charge in [-0.25, -0.2) is 0 Å². The summed E-state index contributed by atoms with van der Waals surface area (Å²) in [6, 6.07) is 0. The first-order valence-electron chi connectivity index (χ1n) is 8.72. The first kappa shape index (κ1) is 16.9. The molecule has 22 heavy (non-hydrogen) atoms. The normalized spacial score (nSPS) is 55.2. The molecule has 124 valence electrons. The van der Waals surface area contributed by atoms with Crippen LogP contribution in [0.15, 0.2) is 12.7 Å². The maximum absolute atomic E-state index is 12.6. The Balaban J connectivity index is 2.12. The van der Waals surface area contributed by atoms with Crippen molar-refractivity contribution >= 4 is 28.4 Å². The maximum atomic E-state index is 12.6. The van der Waals surface area contributed by atoms with Crippen molar-refractivity contribution in [1.29, 1.82) is 0 Å². The Morgan fingerprint density at radius 3 is 2.59 bits per heavy atom. The molecule has 3 heteroatoms. The number of hydrogen-bond donors (Lipinski definition) is 1. The average molecular weight is 416 g/mol. The monoisotopic (exact) mass is 416 g/mol. The molecule has 0 saturated heterocycles. The van der Waals surface area contributed by atoms with Crippen LogP contribution in [-0.2, 0) is 4.79 Å². The van der Waals surface area contributed by atoms with E-state index in [-0.39, 0.29) is 26.1 Å². The van der Waals surface area contributed by atoms with Crippen molar-refractivity contribution in [2.45, 2.75) is 68.8 Å². The van der Waals surface area contributed by atoms with Crippen LogP contribution in [0.5, 0.6) is 0 Å². The van der Waals surface area contributed by atoms with Crippen LogP contribution in [0.25, 0.3) is 0 Å². The van der Waals surface area contributed by atoms with Gasteiger partial charge in [0.1, 0.15) is 5.78 Å². The first-order chi connectivity index (χ1) is 10.2. The Morgan fingerprint density at radius 2 is 1.95 bits per heavy atom. The molecule has 0 aromatic rings. The van der Waals surface area contributed by atoms with Crippen LogP contribution in [0.3, 0.4) is 0 Å². The third kappa shape index (κ3) is 2.17. The number of carbonyl (C=O) groups is 1. The van der Waals surface area contributed by atoms with Crippen LogP contribution < -0.4 is 0 Å². The van der Waals surface area contributed by atoms with E-state index in [9.17, 15) is 9.90 Å². The van der Waals surface area contributed by atoms with Crippen molar-refractivity contribution < 1.29 is 9.90 Å². The lowest BCUT2D eigenvalue weighted by Crippen LogP contribution is -2.51. The lowest BCUT2D eigenvalue weighted by atomic mass is 9.55. The summed E-state index contributed by atoms with van der Waals surface area (Å²) < 4.78 is 0.194. The largest absolute Gasteiger partial charge is 0.392 e. The second-order valence-electron chi connectivity index (χ2n) is 8.54. The summed E-state index contributed by atoms with van der Waals surface area (Å²) in [6.45, 7) is 10.7. The van der Waals surface area contributed by atoms with Crippen LogP contribution in [-0.4, -0.2) is 20.4 Å². The van der Waals surface area contributed by atoms with Gasteiger partial charge in [0, 0.05) is 21.2 Å². The van der Waals surface area contributed by atoms with Crippen LogP contribution in [0.4, 0.5) is 0 Å². The zero-order valence-corrected chi connectivity index (χ0v) is 16.2. The van der Waals surface area contributed by atoms with Gasteiger partial charge in [0.2, 0.25) is 0 Å². The Morgan fingerprint density at radius 1 is 1.27 bits per heavy atom. The maximum Gasteiger partial charge on any atom is 0.136 e. The highest BCUT2D eigenvalue weighted by Crippen LogP contribution is 2.65. The van der Waals surface area contributed by atoms with Gasteiger partial charge in [-0.2, -0.15) is 0 Å². The minimum absolute atomic E-state index is 0.0131. The van der Waals surface area contributed by atoms with E-state index in [0.717, 1.165) is 32.1 Å². The molecule has 1 N–H and O–H groups in total. The molecule has 4 rings (SSSR count). The third-order valence-electron chi connectivity index (χ3n) is 7.63. The second kappa shape index (κ2) is 5.30. The summed E-state index contributed by atoms with van der Waals surface area (Å²) in [5, 5.41) is 11.2. The lowest BCUT2D eigenvalue weighted by molar-refractivity contribution is -0.128. The van der Waals surface area contributed by atoms with Crippen LogP contribution >= 0.6 is 22.6 Å². The van der Waals surface area contributed by atoms with Gasteiger partial charge >= 0.3 is 0 Å². The highest BCUT2D eigenvalue weighted by atomic mass is 127. The van der Waals surface area contributed by atoms with Gasteiger partial charge in [-0.05, 0) is 49.4 Å². The molecule has 4 saturated carbocycles. The number of aliphatic hydroxyl groups is 1. The van der Waals surface area contributed by atoms with E-state index in [4.69, 9.17) is 0 Å². The molecular weight excluding hydrogens is 387 g/mol. The molecule has 1 spiro atoms. The van der Waals surface area contributed by atoms with E-state index in [1.807, 2.05) is 6.08 Å².